The molecule has 1 saturated heterocycles. The molecule has 3 aliphatic rings. The van der Waals surface area contributed by atoms with Crippen LogP contribution in [0.5, 0.6) is 0 Å². The van der Waals surface area contributed by atoms with Gasteiger partial charge in [-0.2, -0.15) is 0 Å². The predicted octanol–water partition coefficient (Wildman–Crippen LogP) is 4.31. The molecule has 1 aliphatic carbocycles. The molecule has 7 heteroatoms. The summed E-state index contributed by atoms with van der Waals surface area (Å²) in [5.41, 5.74) is 0.880. The molecule has 2 unspecified atom stereocenters. The zero-order valence-electron chi connectivity index (χ0n) is 17.5. The normalized spacial score (nSPS) is 26.6. The highest BCUT2D eigenvalue weighted by atomic mass is 35.5. The molecular formula is C23H30Cl2N2O3. The van der Waals surface area contributed by atoms with E-state index in [0.717, 1.165) is 50.8 Å². The van der Waals surface area contributed by atoms with Crippen LogP contribution < -0.4 is 0 Å². The summed E-state index contributed by atoms with van der Waals surface area (Å²) in [5.74, 6) is -0.405. The summed E-state index contributed by atoms with van der Waals surface area (Å²) in [4.78, 5) is 17.6. The summed E-state index contributed by atoms with van der Waals surface area (Å²) in [7, 11) is 1.94. The average molecular weight is 453 g/mol. The van der Waals surface area contributed by atoms with Crippen molar-refractivity contribution in [1.29, 1.82) is 0 Å². The summed E-state index contributed by atoms with van der Waals surface area (Å²) in [5, 5.41) is 0.985. The topological polar surface area (TPSA) is 42.0 Å². The number of carbonyl (C=O) groups excluding carboxylic acids is 1. The Bertz CT molecular complexity index is 787. The zero-order chi connectivity index (χ0) is 21.1. The monoisotopic (exact) mass is 452 g/mol. The van der Waals surface area contributed by atoms with Crippen LogP contribution in [-0.4, -0.2) is 66.9 Å². The van der Waals surface area contributed by atoms with Crippen molar-refractivity contribution in [2.75, 3.05) is 33.4 Å². The molecule has 1 amide bonds. The Labute approximate surface area is 188 Å². The van der Waals surface area contributed by atoms with Crippen molar-refractivity contribution in [1.82, 2.24) is 9.80 Å². The quantitative estimate of drug-likeness (QED) is 0.638. The highest BCUT2D eigenvalue weighted by Crippen LogP contribution is 2.37. The molecule has 4 rings (SSSR count). The summed E-state index contributed by atoms with van der Waals surface area (Å²) in [6.07, 6.45) is 9.54. The highest BCUT2D eigenvalue weighted by Gasteiger charge is 2.45. The first-order valence-electron chi connectivity index (χ1n) is 10.8. The van der Waals surface area contributed by atoms with E-state index in [0.29, 0.717) is 29.7 Å². The van der Waals surface area contributed by atoms with Gasteiger partial charge in [-0.15, -0.1) is 0 Å². The molecule has 0 aromatic heterocycles. The van der Waals surface area contributed by atoms with E-state index in [4.69, 9.17) is 32.7 Å². The van der Waals surface area contributed by atoms with Crippen LogP contribution in [-0.2, 0) is 20.7 Å². The number of ether oxygens (including phenoxy) is 2. The first kappa shape index (κ1) is 22.1. The van der Waals surface area contributed by atoms with Gasteiger partial charge in [0.2, 0.25) is 5.91 Å². The van der Waals surface area contributed by atoms with E-state index in [1.165, 1.54) is 0 Å². The largest absolute Gasteiger partial charge is 0.347 e. The summed E-state index contributed by atoms with van der Waals surface area (Å²) in [6.45, 7) is 3.13. The fraction of sp³-hybridized carbons (Fsp3) is 0.609. The second-order valence-electron chi connectivity index (χ2n) is 8.55. The Morgan fingerprint density at radius 1 is 1.17 bits per heavy atom. The van der Waals surface area contributed by atoms with E-state index in [1.807, 2.05) is 18.0 Å². The standard InChI is InChI=1S/C23H30Cl2N2O3/c1-26(22(28)15-17-7-8-18(24)19(25)14-17)20-6-2-3-9-23(29-12-13-30-23)16-21(20)27-10-4-5-11-27/h4-5,7-8,14,20-21H,2-3,6,9-13,15-16H2,1H3. The van der Waals surface area contributed by atoms with E-state index >= 15 is 0 Å². The Balaban J connectivity index is 1.53. The third-order valence-corrected chi connectivity index (χ3v) is 7.37. The number of carbonyl (C=O) groups is 1. The number of halogens is 2. The average Bonchev–Trinajstić information content (AvgIpc) is 3.40. The third kappa shape index (κ3) is 4.86. The first-order chi connectivity index (χ1) is 14.5. The van der Waals surface area contributed by atoms with Crippen LogP contribution in [0.3, 0.4) is 0 Å². The van der Waals surface area contributed by atoms with Crippen molar-refractivity contribution < 1.29 is 14.3 Å². The number of rotatable bonds is 4. The molecule has 1 aromatic carbocycles. The smallest absolute Gasteiger partial charge is 0.227 e. The Hall–Kier alpha value is -1.11. The minimum Gasteiger partial charge on any atom is -0.347 e. The molecule has 5 nitrogen and oxygen atoms in total. The molecule has 1 aromatic rings. The molecule has 164 valence electrons. The molecule has 2 atom stereocenters. The fourth-order valence-corrected chi connectivity index (χ4v) is 5.30. The van der Waals surface area contributed by atoms with Gasteiger partial charge in [0.05, 0.1) is 29.7 Å². The maximum atomic E-state index is 13.2. The SMILES string of the molecule is CN(C(=O)Cc1ccc(Cl)c(Cl)c1)C1CCCCC2(CC1N1CC=CC1)OCCO2. The first-order valence-corrected chi connectivity index (χ1v) is 11.6. The number of benzene rings is 1. The van der Waals surface area contributed by atoms with Crippen LogP contribution in [0, 0.1) is 0 Å². The van der Waals surface area contributed by atoms with E-state index in [-0.39, 0.29) is 18.0 Å². The van der Waals surface area contributed by atoms with Gasteiger partial charge >= 0.3 is 0 Å². The molecular weight excluding hydrogens is 423 g/mol. The van der Waals surface area contributed by atoms with E-state index in [9.17, 15) is 4.79 Å². The zero-order valence-corrected chi connectivity index (χ0v) is 19.0. The molecule has 30 heavy (non-hydrogen) atoms. The van der Waals surface area contributed by atoms with Crippen LogP contribution in [0.4, 0.5) is 0 Å². The number of hydrogen-bond acceptors (Lipinski definition) is 4. The molecule has 2 fully saturated rings. The van der Waals surface area contributed by atoms with Crippen LogP contribution in [0.2, 0.25) is 10.0 Å². The van der Waals surface area contributed by atoms with Gasteiger partial charge in [-0.25, -0.2) is 0 Å². The molecule has 2 heterocycles. The van der Waals surface area contributed by atoms with Crippen molar-refractivity contribution >= 4 is 29.1 Å². The third-order valence-electron chi connectivity index (χ3n) is 6.63. The molecule has 1 spiro atoms. The van der Waals surface area contributed by atoms with Gasteiger partial charge in [0.1, 0.15) is 0 Å². The summed E-state index contributed by atoms with van der Waals surface area (Å²) >= 11 is 12.2. The lowest BCUT2D eigenvalue weighted by Gasteiger charge is -2.44. The van der Waals surface area contributed by atoms with Crippen molar-refractivity contribution in [3.05, 3.63) is 46.0 Å². The van der Waals surface area contributed by atoms with Gasteiger partial charge < -0.3 is 14.4 Å². The van der Waals surface area contributed by atoms with Crippen LogP contribution in [0.1, 0.15) is 37.7 Å². The summed E-state index contributed by atoms with van der Waals surface area (Å²) < 4.78 is 12.2. The van der Waals surface area contributed by atoms with Gasteiger partial charge in [0, 0.05) is 45.1 Å². The van der Waals surface area contributed by atoms with Crippen molar-refractivity contribution in [2.45, 2.75) is 56.4 Å². The van der Waals surface area contributed by atoms with Crippen molar-refractivity contribution in [2.24, 2.45) is 0 Å². The molecule has 0 bridgehead atoms. The number of nitrogens with zero attached hydrogens (tertiary/aromatic N) is 2. The maximum Gasteiger partial charge on any atom is 0.227 e. The Morgan fingerprint density at radius 3 is 2.60 bits per heavy atom. The minimum absolute atomic E-state index is 0.0958. The lowest BCUT2D eigenvalue weighted by Crippen LogP contribution is -2.56. The van der Waals surface area contributed by atoms with E-state index < -0.39 is 5.79 Å². The molecule has 2 aliphatic heterocycles. The number of likely N-dealkylation sites (N-methyl/N-ethyl adjacent to an activating group) is 1. The summed E-state index contributed by atoms with van der Waals surface area (Å²) in [6, 6.07) is 5.71. The Kier molecular flexibility index (Phi) is 7.05. The van der Waals surface area contributed by atoms with Crippen LogP contribution >= 0.6 is 23.2 Å². The number of hydrogen-bond donors (Lipinski definition) is 0. The van der Waals surface area contributed by atoms with Gasteiger partial charge in [-0.3, -0.25) is 9.69 Å². The van der Waals surface area contributed by atoms with E-state index in [1.54, 1.807) is 12.1 Å². The van der Waals surface area contributed by atoms with Gasteiger partial charge in [0.15, 0.2) is 5.79 Å². The molecule has 1 saturated carbocycles. The maximum absolute atomic E-state index is 13.2. The second-order valence-corrected chi connectivity index (χ2v) is 9.36. The number of amides is 1. The highest BCUT2D eigenvalue weighted by molar-refractivity contribution is 6.42. The minimum atomic E-state index is -0.500. The van der Waals surface area contributed by atoms with Crippen molar-refractivity contribution in [3.63, 3.8) is 0 Å². The van der Waals surface area contributed by atoms with Crippen LogP contribution in [0.25, 0.3) is 0 Å². The van der Waals surface area contributed by atoms with Crippen LogP contribution in [0.15, 0.2) is 30.4 Å². The van der Waals surface area contributed by atoms with Crippen molar-refractivity contribution in [3.8, 4) is 0 Å². The van der Waals surface area contributed by atoms with Gasteiger partial charge in [-0.1, -0.05) is 47.8 Å². The van der Waals surface area contributed by atoms with Gasteiger partial charge in [0.25, 0.3) is 0 Å². The molecule has 0 radical (unpaired) electrons. The van der Waals surface area contributed by atoms with Gasteiger partial charge in [-0.05, 0) is 30.5 Å². The lowest BCUT2D eigenvalue weighted by molar-refractivity contribution is -0.185. The second kappa shape index (κ2) is 9.58. The molecule has 0 N–H and O–H groups in total. The van der Waals surface area contributed by atoms with E-state index in [2.05, 4.69) is 17.1 Å². The lowest BCUT2D eigenvalue weighted by atomic mass is 9.86. The predicted molar refractivity (Wildman–Crippen MR) is 119 cm³/mol. The fourth-order valence-electron chi connectivity index (χ4n) is 4.98. The Morgan fingerprint density at radius 2 is 1.90 bits per heavy atom.